The molecule has 0 aliphatic heterocycles. The smallest absolute Gasteiger partial charge is 0.151 e. The predicted octanol–water partition coefficient (Wildman–Crippen LogP) is 2.96. The molecule has 5 heteroatoms. The molecule has 0 unspecified atom stereocenters. The van der Waals surface area contributed by atoms with Crippen LogP contribution in [0.15, 0.2) is 18.2 Å². The van der Waals surface area contributed by atoms with Crippen molar-refractivity contribution in [3.05, 3.63) is 40.4 Å². The highest BCUT2D eigenvalue weighted by molar-refractivity contribution is 6.33. The van der Waals surface area contributed by atoms with Crippen LogP contribution in [0.1, 0.15) is 37.0 Å². The zero-order valence-electron chi connectivity index (χ0n) is 11.5. The molecule has 4 nitrogen and oxygen atoms in total. The summed E-state index contributed by atoms with van der Waals surface area (Å²) in [5, 5.41) is 5.03. The van der Waals surface area contributed by atoms with Gasteiger partial charge in [0.2, 0.25) is 0 Å². The SMILES string of the molecule is CC(C)c1nc(CCc2ccc(Cl)c(N)c2)nn1C. The molecule has 0 spiro atoms. The summed E-state index contributed by atoms with van der Waals surface area (Å²) >= 11 is 5.90. The summed E-state index contributed by atoms with van der Waals surface area (Å²) in [6.45, 7) is 4.24. The second kappa shape index (κ2) is 5.61. The average molecular weight is 279 g/mol. The van der Waals surface area contributed by atoms with Crippen molar-refractivity contribution in [2.24, 2.45) is 7.05 Å². The predicted molar refractivity (Wildman–Crippen MR) is 78.4 cm³/mol. The van der Waals surface area contributed by atoms with Crippen molar-refractivity contribution in [2.75, 3.05) is 5.73 Å². The van der Waals surface area contributed by atoms with Gasteiger partial charge in [0, 0.05) is 19.4 Å². The fourth-order valence-electron chi connectivity index (χ4n) is 2.06. The Morgan fingerprint density at radius 3 is 2.63 bits per heavy atom. The number of rotatable bonds is 4. The van der Waals surface area contributed by atoms with E-state index in [-0.39, 0.29) is 0 Å². The summed E-state index contributed by atoms with van der Waals surface area (Å²) in [6.07, 6.45) is 1.67. The van der Waals surface area contributed by atoms with Crippen LogP contribution in [0.4, 0.5) is 5.69 Å². The number of nitrogen functional groups attached to an aromatic ring is 1. The quantitative estimate of drug-likeness (QED) is 0.875. The summed E-state index contributed by atoms with van der Waals surface area (Å²) < 4.78 is 1.86. The van der Waals surface area contributed by atoms with Crippen LogP contribution < -0.4 is 5.73 Å². The van der Waals surface area contributed by atoms with Crippen LogP contribution in [0, 0.1) is 0 Å². The number of nitrogens with zero attached hydrogens (tertiary/aromatic N) is 3. The van der Waals surface area contributed by atoms with Crippen LogP contribution in [0.25, 0.3) is 0 Å². The van der Waals surface area contributed by atoms with Gasteiger partial charge in [-0.1, -0.05) is 31.5 Å². The van der Waals surface area contributed by atoms with E-state index in [1.54, 1.807) is 0 Å². The molecule has 1 heterocycles. The van der Waals surface area contributed by atoms with Gasteiger partial charge < -0.3 is 5.73 Å². The molecule has 0 saturated heterocycles. The maximum Gasteiger partial charge on any atom is 0.151 e. The Hall–Kier alpha value is -1.55. The van der Waals surface area contributed by atoms with Crippen LogP contribution in [-0.4, -0.2) is 14.8 Å². The van der Waals surface area contributed by atoms with Gasteiger partial charge in [0.05, 0.1) is 10.7 Å². The van der Waals surface area contributed by atoms with E-state index in [0.717, 1.165) is 30.1 Å². The van der Waals surface area contributed by atoms with E-state index < -0.39 is 0 Å². The van der Waals surface area contributed by atoms with Gasteiger partial charge in [0.25, 0.3) is 0 Å². The lowest BCUT2D eigenvalue weighted by Crippen LogP contribution is -2.00. The third kappa shape index (κ3) is 3.26. The minimum atomic E-state index is 0.387. The second-order valence-corrected chi connectivity index (χ2v) is 5.43. The van der Waals surface area contributed by atoms with E-state index in [1.807, 2.05) is 29.9 Å². The summed E-state index contributed by atoms with van der Waals surface area (Å²) in [5.74, 6) is 2.28. The Bertz CT molecular complexity index is 575. The van der Waals surface area contributed by atoms with Crippen molar-refractivity contribution in [3.8, 4) is 0 Å². The number of aromatic nitrogens is 3. The molecular weight excluding hydrogens is 260 g/mol. The van der Waals surface area contributed by atoms with Crippen LogP contribution >= 0.6 is 11.6 Å². The van der Waals surface area contributed by atoms with E-state index in [2.05, 4.69) is 23.9 Å². The fourth-order valence-corrected chi connectivity index (χ4v) is 2.18. The molecule has 2 aromatic rings. The lowest BCUT2D eigenvalue weighted by Gasteiger charge is -2.02. The molecule has 0 bridgehead atoms. The molecule has 0 amide bonds. The zero-order valence-corrected chi connectivity index (χ0v) is 12.3. The maximum absolute atomic E-state index is 5.90. The number of hydrogen-bond donors (Lipinski definition) is 1. The van der Waals surface area contributed by atoms with E-state index in [9.17, 15) is 0 Å². The number of halogens is 1. The number of anilines is 1. The largest absolute Gasteiger partial charge is 0.398 e. The Morgan fingerprint density at radius 1 is 1.32 bits per heavy atom. The van der Waals surface area contributed by atoms with Crippen molar-refractivity contribution in [2.45, 2.75) is 32.6 Å². The molecule has 2 N–H and O–H groups in total. The topological polar surface area (TPSA) is 56.7 Å². The molecular formula is C14H19ClN4. The Labute approximate surface area is 118 Å². The van der Waals surface area contributed by atoms with Gasteiger partial charge in [0.1, 0.15) is 5.82 Å². The van der Waals surface area contributed by atoms with E-state index in [1.165, 1.54) is 0 Å². The Kier molecular flexibility index (Phi) is 4.10. The van der Waals surface area contributed by atoms with Gasteiger partial charge >= 0.3 is 0 Å². The summed E-state index contributed by atoms with van der Waals surface area (Å²) in [7, 11) is 1.94. The first-order valence-corrected chi connectivity index (χ1v) is 6.79. The molecule has 1 aromatic heterocycles. The van der Waals surface area contributed by atoms with Crippen LogP contribution in [-0.2, 0) is 19.9 Å². The van der Waals surface area contributed by atoms with Gasteiger partial charge in [-0.2, -0.15) is 5.10 Å². The Balaban J connectivity index is 2.06. The van der Waals surface area contributed by atoms with E-state index in [0.29, 0.717) is 16.6 Å². The zero-order chi connectivity index (χ0) is 14.0. The lowest BCUT2D eigenvalue weighted by molar-refractivity contribution is 0.651. The lowest BCUT2D eigenvalue weighted by atomic mass is 10.1. The molecule has 0 saturated carbocycles. The van der Waals surface area contributed by atoms with Crippen LogP contribution in [0.3, 0.4) is 0 Å². The highest BCUT2D eigenvalue weighted by atomic mass is 35.5. The molecule has 102 valence electrons. The number of hydrogen-bond acceptors (Lipinski definition) is 3. The number of benzene rings is 1. The number of nitrogens with two attached hydrogens (primary N) is 1. The summed E-state index contributed by atoms with van der Waals surface area (Å²) in [6, 6.07) is 5.73. The fraction of sp³-hybridized carbons (Fsp3) is 0.429. The monoisotopic (exact) mass is 278 g/mol. The normalized spacial score (nSPS) is 11.2. The van der Waals surface area contributed by atoms with Crippen molar-refractivity contribution in [1.29, 1.82) is 0 Å². The van der Waals surface area contributed by atoms with Gasteiger partial charge in [-0.3, -0.25) is 4.68 Å². The standard InChI is InChI=1S/C14H19ClN4/c1-9(2)14-17-13(18-19(14)3)7-5-10-4-6-11(15)12(16)8-10/h4,6,8-9H,5,7,16H2,1-3H3. The molecule has 0 atom stereocenters. The average Bonchev–Trinajstić information content (AvgIpc) is 2.72. The minimum absolute atomic E-state index is 0.387. The number of aryl methyl sites for hydroxylation is 3. The van der Waals surface area contributed by atoms with Gasteiger partial charge in [-0.25, -0.2) is 4.98 Å². The third-order valence-corrected chi connectivity index (χ3v) is 3.40. The Morgan fingerprint density at radius 2 is 2.05 bits per heavy atom. The van der Waals surface area contributed by atoms with Crippen molar-refractivity contribution in [3.63, 3.8) is 0 Å². The first-order chi connectivity index (χ1) is 8.97. The molecule has 0 fully saturated rings. The van der Waals surface area contributed by atoms with Crippen LogP contribution in [0.5, 0.6) is 0 Å². The molecule has 0 aliphatic carbocycles. The van der Waals surface area contributed by atoms with E-state index >= 15 is 0 Å². The summed E-state index contributed by atoms with van der Waals surface area (Å²) in [4.78, 5) is 4.56. The van der Waals surface area contributed by atoms with Crippen LogP contribution in [0.2, 0.25) is 5.02 Å². The minimum Gasteiger partial charge on any atom is -0.398 e. The van der Waals surface area contributed by atoms with Crippen molar-refractivity contribution < 1.29 is 0 Å². The third-order valence-electron chi connectivity index (χ3n) is 3.05. The van der Waals surface area contributed by atoms with Gasteiger partial charge in [-0.15, -0.1) is 0 Å². The van der Waals surface area contributed by atoms with Gasteiger partial charge in [-0.05, 0) is 24.1 Å². The maximum atomic E-state index is 5.90. The highest BCUT2D eigenvalue weighted by Gasteiger charge is 2.10. The second-order valence-electron chi connectivity index (χ2n) is 5.02. The van der Waals surface area contributed by atoms with Crippen molar-refractivity contribution in [1.82, 2.24) is 14.8 Å². The molecule has 0 aliphatic rings. The first kappa shape index (κ1) is 13.9. The molecule has 0 radical (unpaired) electrons. The molecule has 19 heavy (non-hydrogen) atoms. The first-order valence-electron chi connectivity index (χ1n) is 6.41. The molecule has 1 aromatic carbocycles. The van der Waals surface area contributed by atoms with E-state index in [4.69, 9.17) is 17.3 Å². The van der Waals surface area contributed by atoms with Crippen molar-refractivity contribution >= 4 is 17.3 Å². The highest BCUT2D eigenvalue weighted by Crippen LogP contribution is 2.20. The molecule has 2 rings (SSSR count). The van der Waals surface area contributed by atoms with Gasteiger partial charge in [0.15, 0.2) is 5.82 Å². The summed E-state index contributed by atoms with van der Waals surface area (Å²) in [5.41, 5.74) is 7.56.